The van der Waals surface area contributed by atoms with E-state index in [-0.39, 0.29) is 12.4 Å². The lowest BCUT2D eigenvalue weighted by Crippen LogP contribution is -2.49. The highest BCUT2D eigenvalue weighted by Crippen LogP contribution is 2.23. The Hall–Kier alpha value is -0.810. The molecule has 2 aliphatic heterocycles. The standard InChI is InChI=1S/C17H28N4.ClH/c1-19(2)17-6-4-3-5-15(17)13-20-10-7-16(14-20)21-11-8-18-9-12-21;/h3-6,16,18H,7-14H2,1-2H3;1H. The third kappa shape index (κ3) is 4.13. The van der Waals surface area contributed by atoms with Crippen molar-refractivity contribution in [2.45, 2.75) is 19.0 Å². The monoisotopic (exact) mass is 324 g/mol. The van der Waals surface area contributed by atoms with Crippen LogP contribution in [-0.4, -0.2) is 69.2 Å². The van der Waals surface area contributed by atoms with Crippen molar-refractivity contribution < 1.29 is 0 Å². The van der Waals surface area contributed by atoms with E-state index in [1.54, 1.807) is 0 Å². The Morgan fingerprint density at radius 3 is 2.59 bits per heavy atom. The first-order chi connectivity index (χ1) is 10.2. The molecular weight excluding hydrogens is 296 g/mol. The minimum atomic E-state index is 0. The number of hydrogen-bond acceptors (Lipinski definition) is 4. The molecule has 1 aromatic carbocycles. The molecule has 0 amide bonds. The van der Waals surface area contributed by atoms with Crippen LogP contribution in [0.3, 0.4) is 0 Å². The van der Waals surface area contributed by atoms with E-state index in [2.05, 4.69) is 58.4 Å². The molecule has 22 heavy (non-hydrogen) atoms. The zero-order chi connectivity index (χ0) is 14.7. The average molecular weight is 325 g/mol. The Balaban J connectivity index is 0.00000176. The van der Waals surface area contributed by atoms with Gasteiger partial charge in [-0.05, 0) is 18.1 Å². The molecule has 2 fully saturated rings. The minimum Gasteiger partial charge on any atom is -0.377 e. The Bertz CT molecular complexity index is 460. The third-order valence-corrected chi connectivity index (χ3v) is 4.78. The number of para-hydroxylation sites is 1. The van der Waals surface area contributed by atoms with E-state index in [1.165, 1.54) is 43.9 Å². The average Bonchev–Trinajstić information content (AvgIpc) is 2.97. The first-order valence-electron chi connectivity index (χ1n) is 8.16. The number of nitrogens with one attached hydrogen (secondary N) is 1. The zero-order valence-corrected chi connectivity index (χ0v) is 14.6. The largest absolute Gasteiger partial charge is 0.377 e. The first kappa shape index (κ1) is 17.5. The summed E-state index contributed by atoms with van der Waals surface area (Å²) in [6.07, 6.45) is 1.32. The highest BCUT2D eigenvalue weighted by molar-refractivity contribution is 5.85. The van der Waals surface area contributed by atoms with Gasteiger partial charge in [0.05, 0.1) is 0 Å². The topological polar surface area (TPSA) is 21.8 Å². The Labute approximate surface area is 140 Å². The van der Waals surface area contributed by atoms with Crippen LogP contribution >= 0.6 is 12.4 Å². The summed E-state index contributed by atoms with van der Waals surface area (Å²) in [5.74, 6) is 0. The Morgan fingerprint density at radius 1 is 1.14 bits per heavy atom. The second-order valence-electron chi connectivity index (χ2n) is 6.49. The third-order valence-electron chi connectivity index (χ3n) is 4.78. The van der Waals surface area contributed by atoms with E-state index in [1.807, 2.05) is 0 Å². The molecule has 2 saturated heterocycles. The fourth-order valence-corrected chi connectivity index (χ4v) is 3.62. The molecule has 0 bridgehead atoms. The summed E-state index contributed by atoms with van der Waals surface area (Å²) < 4.78 is 0. The van der Waals surface area contributed by atoms with Gasteiger partial charge >= 0.3 is 0 Å². The van der Waals surface area contributed by atoms with Crippen molar-refractivity contribution in [3.8, 4) is 0 Å². The predicted octanol–water partition coefficient (Wildman–Crippen LogP) is 1.65. The minimum absolute atomic E-state index is 0. The van der Waals surface area contributed by atoms with Gasteiger partial charge in [0.2, 0.25) is 0 Å². The molecule has 5 heteroatoms. The van der Waals surface area contributed by atoms with Gasteiger partial charge < -0.3 is 10.2 Å². The number of rotatable bonds is 4. The van der Waals surface area contributed by atoms with Crippen molar-refractivity contribution in [3.05, 3.63) is 29.8 Å². The molecule has 0 aliphatic carbocycles. The second kappa shape index (κ2) is 8.16. The molecule has 1 atom stereocenters. The highest BCUT2D eigenvalue weighted by atomic mass is 35.5. The Morgan fingerprint density at radius 2 is 1.86 bits per heavy atom. The summed E-state index contributed by atoms with van der Waals surface area (Å²) in [4.78, 5) is 7.52. The van der Waals surface area contributed by atoms with E-state index in [4.69, 9.17) is 0 Å². The van der Waals surface area contributed by atoms with Crippen molar-refractivity contribution >= 4 is 18.1 Å². The van der Waals surface area contributed by atoms with E-state index in [0.717, 1.165) is 25.7 Å². The van der Waals surface area contributed by atoms with Crippen LogP contribution in [0.5, 0.6) is 0 Å². The lowest BCUT2D eigenvalue weighted by atomic mass is 10.1. The lowest BCUT2D eigenvalue weighted by molar-refractivity contribution is 0.170. The van der Waals surface area contributed by atoms with Gasteiger partial charge in [0.1, 0.15) is 0 Å². The fraction of sp³-hybridized carbons (Fsp3) is 0.647. The number of piperazine rings is 1. The molecule has 124 valence electrons. The first-order valence-corrected chi connectivity index (χ1v) is 8.16. The number of hydrogen-bond donors (Lipinski definition) is 1. The van der Waals surface area contributed by atoms with Crippen LogP contribution in [0.1, 0.15) is 12.0 Å². The smallest absolute Gasteiger partial charge is 0.0406 e. The molecule has 0 spiro atoms. The quantitative estimate of drug-likeness (QED) is 0.909. The second-order valence-corrected chi connectivity index (χ2v) is 6.49. The molecule has 4 nitrogen and oxygen atoms in total. The lowest BCUT2D eigenvalue weighted by Gasteiger charge is -2.32. The van der Waals surface area contributed by atoms with Crippen LogP contribution in [0, 0.1) is 0 Å². The number of likely N-dealkylation sites (tertiary alicyclic amines) is 1. The molecule has 0 saturated carbocycles. The number of benzene rings is 1. The Kier molecular flexibility index (Phi) is 6.50. The van der Waals surface area contributed by atoms with Crippen LogP contribution < -0.4 is 10.2 Å². The maximum absolute atomic E-state index is 3.45. The molecule has 2 aliphatic rings. The predicted molar refractivity (Wildman–Crippen MR) is 96.1 cm³/mol. The van der Waals surface area contributed by atoms with Crippen LogP contribution in [0.2, 0.25) is 0 Å². The fourth-order valence-electron chi connectivity index (χ4n) is 3.62. The molecule has 3 rings (SSSR count). The normalized spacial score (nSPS) is 23.3. The van der Waals surface area contributed by atoms with Gasteiger partial charge in [-0.2, -0.15) is 0 Å². The van der Waals surface area contributed by atoms with Crippen LogP contribution in [0.4, 0.5) is 5.69 Å². The summed E-state index contributed by atoms with van der Waals surface area (Å²) >= 11 is 0. The van der Waals surface area contributed by atoms with Gasteiger partial charge in [-0.15, -0.1) is 12.4 Å². The highest BCUT2D eigenvalue weighted by Gasteiger charge is 2.28. The number of nitrogens with zero attached hydrogens (tertiary/aromatic N) is 3. The molecule has 0 aromatic heterocycles. The molecule has 1 aromatic rings. The summed E-state index contributed by atoms with van der Waals surface area (Å²) in [6, 6.07) is 9.55. The van der Waals surface area contributed by atoms with Crippen LogP contribution in [0.15, 0.2) is 24.3 Å². The molecular formula is C17H29ClN4. The maximum Gasteiger partial charge on any atom is 0.0406 e. The van der Waals surface area contributed by atoms with Gasteiger partial charge in [0.15, 0.2) is 0 Å². The van der Waals surface area contributed by atoms with Crippen molar-refractivity contribution in [3.63, 3.8) is 0 Å². The number of halogens is 1. The SMILES string of the molecule is CN(C)c1ccccc1CN1CCC(N2CCNCC2)C1.Cl. The zero-order valence-electron chi connectivity index (χ0n) is 13.8. The van der Waals surface area contributed by atoms with Gasteiger partial charge in [0, 0.05) is 71.6 Å². The molecule has 1 N–H and O–H groups in total. The summed E-state index contributed by atoms with van der Waals surface area (Å²) in [5.41, 5.74) is 2.80. The van der Waals surface area contributed by atoms with Crippen LogP contribution in [0.25, 0.3) is 0 Å². The number of anilines is 1. The molecule has 1 unspecified atom stereocenters. The molecule has 2 heterocycles. The van der Waals surface area contributed by atoms with Crippen molar-refractivity contribution in [2.75, 3.05) is 58.3 Å². The van der Waals surface area contributed by atoms with E-state index >= 15 is 0 Å². The van der Waals surface area contributed by atoms with E-state index in [9.17, 15) is 0 Å². The van der Waals surface area contributed by atoms with Gasteiger partial charge in [-0.3, -0.25) is 9.80 Å². The summed E-state index contributed by atoms with van der Waals surface area (Å²) in [6.45, 7) is 8.27. The van der Waals surface area contributed by atoms with Gasteiger partial charge in [-0.25, -0.2) is 0 Å². The van der Waals surface area contributed by atoms with Crippen molar-refractivity contribution in [1.82, 2.24) is 15.1 Å². The van der Waals surface area contributed by atoms with Gasteiger partial charge in [0.25, 0.3) is 0 Å². The summed E-state index contributed by atoms with van der Waals surface area (Å²) in [7, 11) is 4.26. The van der Waals surface area contributed by atoms with Crippen molar-refractivity contribution in [1.29, 1.82) is 0 Å². The van der Waals surface area contributed by atoms with E-state index < -0.39 is 0 Å². The van der Waals surface area contributed by atoms with Gasteiger partial charge in [-0.1, -0.05) is 18.2 Å². The van der Waals surface area contributed by atoms with Crippen molar-refractivity contribution in [2.24, 2.45) is 0 Å². The maximum atomic E-state index is 3.45. The summed E-state index contributed by atoms with van der Waals surface area (Å²) in [5, 5.41) is 3.45. The van der Waals surface area contributed by atoms with Crippen LogP contribution in [-0.2, 0) is 6.54 Å². The van der Waals surface area contributed by atoms with E-state index in [0.29, 0.717) is 0 Å². The molecule has 0 radical (unpaired) electrons.